The Kier molecular flexibility index (Phi) is 6.68. The Morgan fingerprint density at radius 2 is 1.90 bits per heavy atom. The van der Waals surface area contributed by atoms with Gasteiger partial charge < -0.3 is 10.2 Å². The molecule has 0 spiro atoms. The van der Waals surface area contributed by atoms with E-state index in [0.29, 0.717) is 6.54 Å². The van der Waals surface area contributed by atoms with Crippen molar-refractivity contribution in [2.75, 3.05) is 4.90 Å². The molecule has 2 aromatic rings. The number of rotatable bonds is 6. The molecule has 29 heavy (non-hydrogen) atoms. The van der Waals surface area contributed by atoms with Gasteiger partial charge in [-0.2, -0.15) is 0 Å². The number of benzene rings is 2. The van der Waals surface area contributed by atoms with Crippen molar-refractivity contribution in [3.63, 3.8) is 0 Å². The maximum absolute atomic E-state index is 13.5. The normalized spacial score (nSPS) is 18.2. The van der Waals surface area contributed by atoms with Crippen molar-refractivity contribution in [3.05, 3.63) is 59.2 Å². The van der Waals surface area contributed by atoms with Gasteiger partial charge in [0.15, 0.2) is 0 Å². The van der Waals surface area contributed by atoms with Gasteiger partial charge in [-0.3, -0.25) is 9.59 Å². The van der Waals surface area contributed by atoms with E-state index in [2.05, 4.69) is 37.4 Å². The van der Waals surface area contributed by atoms with Gasteiger partial charge in [-0.1, -0.05) is 49.7 Å². The molecule has 2 amide bonds. The van der Waals surface area contributed by atoms with Crippen molar-refractivity contribution in [1.29, 1.82) is 0 Å². The van der Waals surface area contributed by atoms with Gasteiger partial charge in [-0.15, -0.1) is 11.8 Å². The minimum atomic E-state index is -0.431. The molecule has 154 valence electrons. The number of carbonyl (C=O) groups excluding carboxylic acids is 2. The summed E-state index contributed by atoms with van der Waals surface area (Å²) in [6.07, 6.45) is 0.867. The summed E-state index contributed by atoms with van der Waals surface area (Å²) in [6.45, 7) is 10.5. The Morgan fingerprint density at radius 1 is 1.17 bits per heavy atom. The molecule has 5 heteroatoms. The fraction of sp³-hybridized carbons (Fsp3) is 0.417. The van der Waals surface area contributed by atoms with Gasteiger partial charge in [0.25, 0.3) is 0 Å². The van der Waals surface area contributed by atoms with Crippen LogP contribution in [-0.2, 0) is 16.1 Å². The minimum absolute atomic E-state index is 0.00130. The second-order valence-electron chi connectivity index (χ2n) is 7.97. The summed E-state index contributed by atoms with van der Waals surface area (Å²) in [4.78, 5) is 29.2. The zero-order valence-corrected chi connectivity index (χ0v) is 18.7. The summed E-state index contributed by atoms with van der Waals surface area (Å²) in [5.41, 5.74) is 4.40. The molecule has 0 unspecified atom stereocenters. The van der Waals surface area contributed by atoms with Crippen molar-refractivity contribution >= 4 is 29.3 Å². The fourth-order valence-corrected chi connectivity index (χ4v) is 4.76. The SMILES string of the molecule is CC[C@H](C)NC(=O)[C@H](C)[C@H]1Sc2ccccc2N(Cc2cc(C)ccc2C)C1=O. The van der Waals surface area contributed by atoms with Gasteiger partial charge in [0, 0.05) is 10.9 Å². The van der Waals surface area contributed by atoms with Crippen LogP contribution in [0.4, 0.5) is 5.69 Å². The number of carbonyl (C=O) groups is 2. The Bertz CT molecular complexity index is 912. The largest absolute Gasteiger partial charge is 0.353 e. The van der Waals surface area contributed by atoms with Gasteiger partial charge >= 0.3 is 0 Å². The van der Waals surface area contributed by atoms with E-state index in [1.807, 2.05) is 49.9 Å². The van der Waals surface area contributed by atoms with Gasteiger partial charge in [0.05, 0.1) is 18.2 Å². The Labute approximate surface area is 178 Å². The first-order valence-corrected chi connectivity index (χ1v) is 11.1. The molecular weight excluding hydrogens is 380 g/mol. The summed E-state index contributed by atoms with van der Waals surface area (Å²) >= 11 is 1.51. The molecule has 0 bridgehead atoms. The van der Waals surface area contributed by atoms with Crippen molar-refractivity contribution < 1.29 is 9.59 Å². The number of thioether (sulfide) groups is 1. The highest BCUT2D eigenvalue weighted by molar-refractivity contribution is 8.01. The van der Waals surface area contributed by atoms with Crippen LogP contribution >= 0.6 is 11.8 Å². The average molecular weight is 411 g/mol. The Balaban J connectivity index is 1.92. The molecule has 4 nitrogen and oxygen atoms in total. The van der Waals surface area contributed by atoms with E-state index < -0.39 is 11.2 Å². The van der Waals surface area contributed by atoms with E-state index in [1.165, 1.54) is 22.9 Å². The zero-order chi connectivity index (χ0) is 21.1. The lowest BCUT2D eigenvalue weighted by molar-refractivity contribution is -0.128. The second kappa shape index (κ2) is 9.04. The number of amides is 2. The highest BCUT2D eigenvalue weighted by atomic mass is 32.2. The molecule has 0 aromatic heterocycles. The molecule has 1 aliphatic heterocycles. The summed E-state index contributed by atoms with van der Waals surface area (Å²) in [5, 5.41) is 2.60. The van der Waals surface area contributed by atoms with E-state index >= 15 is 0 Å². The van der Waals surface area contributed by atoms with E-state index in [1.54, 1.807) is 0 Å². The maximum Gasteiger partial charge on any atom is 0.241 e. The third kappa shape index (κ3) is 4.67. The number of nitrogens with zero attached hydrogens (tertiary/aromatic N) is 1. The van der Waals surface area contributed by atoms with Crippen molar-refractivity contribution in [3.8, 4) is 0 Å². The number of anilines is 1. The molecule has 0 fully saturated rings. The molecule has 2 aromatic carbocycles. The predicted molar refractivity (Wildman–Crippen MR) is 120 cm³/mol. The predicted octanol–water partition coefficient (Wildman–Crippen LogP) is 4.86. The highest BCUT2D eigenvalue weighted by Gasteiger charge is 2.39. The fourth-order valence-electron chi connectivity index (χ4n) is 3.47. The average Bonchev–Trinajstić information content (AvgIpc) is 2.71. The molecule has 1 aliphatic rings. The Hall–Kier alpha value is -2.27. The third-order valence-electron chi connectivity index (χ3n) is 5.62. The van der Waals surface area contributed by atoms with Crippen LogP contribution in [-0.4, -0.2) is 23.1 Å². The molecule has 0 aliphatic carbocycles. The molecule has 0 radical (unpaired) electrons. The van der Waals surface area contributed by atoms with Gasteiger partial charge in [-0.05, 0) is 50.5 Å². The smallest absolute Gasteiger partial charge is 0.241 e. The topological polar surface area (TPSA) is 49.4 Å². The lowest BCUT2D eigenvalue weighted by atomic mass is 10.0. The van der Waals surface area contributed by atoms with E-state index in [4.69, 9.17) is 0 Å². The second-order valence-corrected chi connectivity index (χ2v) is 9.15. The third-order valence-corrected chi connectivity index (χ3v) is 7.08. The number of hydrogen-bond donors (Lipinski definition) is 1. The number of nitrogens with one attached hydrogen (secondary N) is 1. The number of fused-ring (bicyclic) bond motifs is 1. The molecule has 1 N–H and O–H groups in total. The van der Waals surface area contributed by atoms with Gasteiger partial charge in [-0.25, -0.2) is 0 Å². The van der Waals surface area contributed by atoms with Crippen LogP contribution in [0.2, 0.25) is 0 Å². The van der Waals surface area contributed by atoms with Crippen LogP contribution in [0.5, 0.6) is 0 Å². The summed E-state index contributed by atoms with van der Waals surface area (Å²) in [5.74, 6) is -0.464. The summed E-state index contributed by atoms with van der Waals surface area (Å²) in [7, 11) is 0. The molecule has 3 atom stereocenters. The number of hydrogen-bond acceptors (Lipinski definition) is 3. The molecule has 3 rings (SSSR count). The molecule has 1 heterocycles. The van der Waals surface area contributed by atoms with Crippen LogP contribution in [0.25, 0.3) is 0 Å². The van der Waals surface area contributed by atoms with Crippen molar-refractivity contribution in [2.24, 2.45) is 5.92 Å². The summed E-state index contributed by atoms with van der Waals surface area (Å²) < 4.78 is 0. The minimum Gasteiger partial charge on any atom is -0.353 e. The first-order valence-electron chi connectivity index (χ1n) is 10.2. The van der Waals surface area contributed by atoms with E-state index in [0.717, 1.165) is 22.6 Å². The van der Waals surface area contributed by atoms with Crippen LogP contribution in [0.3, 0.4) is 0 Å². The Morgan fingerprint density at radius 3 is 2.62 bits per heavy atom. The summed E-state index contributed by atoms with van der Waals surface area (Å²) in [6, 6.07) is 14.4. The van der Waals surface area contributed by atoms with Crippen molar-refractivity contribution in [2.45, 2.75) is 63.8 Å². The first kappa shape index (κ1) is 21.4. The van der Waals surface area contributed by atoms with Gasteiger partial charge in [0.1, 0.15) is 5.25 Å². The highest BCUT2D eigenvalue weighted by Crippen LogP contribution is 2.42. The maximum atomic E-state index is 13.5. The van der Waals surface area contributed by atoms with Crippen molar-refractivity contribution in [1.82, 2.24) is 5.32 Å². The quantitative estimate of drug-likeness (QED) is 0.740. The van der Waals surface area contributed by atoms with Crippen LogP contribution in [0.15, 0.2) is 47.4 Å². The standard InChI is InChI=1S/C24H30N2O2S/c1-6-17(4)25-23(27)18(5)22-24(28)26(20-9-7-8-10-21(20)29-22)14-19-13-15(2)11-12-16(19)3/h7-13,17-18,22H,6,14H2,1-5H3,(H,25,27)/t17-,18+,22+/m0/s1. The zero-order valence-electron chi connectivity index (χ0n) is 17.9. The van der Waals surface area contributed by atoms with Crippen LogP contribution < -0.4 is 10.2 Å². The molecule has 0 saturated carbocycles. The van der Waals surface area contributed by atoms with Crippen LogP contribution in [0.1, 0.15) is 43.9 Å². The van der Waals surface area contributed by atoms with E-state index in [-0.39, 0.29) is 17.9 Å². The van der Waals surface area contributed by atoms with Gasteiger partial charge in [0.2, 0.25) is 11.8 Å². The van der Waals surface area contributed by atoms with E-state index in [9.17, 15) is 9.59 Å². The number of aryl methyl sites for hydroxylation is 2. The lowest BCUT2D eigenvalue weighted by Gasteiger charge is -2.36. The molecular formula is C24H30N2O2S. The number of para-hydroxylation sites is 1. The van der Waals surface area contributed by atoms with Crippen LogP contribution in [0, 0.1) is 19.8 Å². The first-order chi connectivity index (χ1) is 13.8. The molecule has 0 saturated heterocycles. The lowest BCUT2D eigenvalue weighted by Crippen LogP contribution is -2.48. The monoisotopic (exact) mass is 410 g/mol.